The van der Waals surface area contributed by atoms with Crippen LogP contribution in [0.1, 0.15) is 38.5 Å². The normalized spacial score (nSPS) is 19.9. The summed E-state index contributed by atoms with van der Waals surface area (Å²) < 4.78 is 15.9. The molecule has 1 rings (SSSR count). The van der Waals surface area contributed by atoms with E-state index in [0.29, 0.717) is 12.7 Å². The second-order valence-electron chi connectivity index (χ2n) is 3.85. The third-order valence-electron chi connectivity index (χ3n) is 2.80. The third kappa shape index (κ3) is 4.40. The van der Waals surface area contributed by atoms with E-state index in [2.05, 4.69) is 0 Å². The highest BCUT2D eigenvalue weighted by molar-refractivity contribution is 4.64. The molecule has 0 saturated heterocycles. The molecule has 0 aromatic carbocycles. The lowest BCUT2D eigenvalue weighted by Crippen LogP contribution is -2.24. The van der Waals surface area contributed by atoms with Crippen LogP contribution in [-0.2, 0) is 14.2 Å². The van der Waals surface area contributed by atoms with Crippen LogP contribution in [0.25, 0.3) is 0 Å². The summed E-state index contributed by atoms with van der Waals surface area (Å²) in [4.78, 5) is 0. The number of ether oxygens (including phenoxy) is 3. The molecule has 1 aliphatic rings. The van der Waals surface area contributed by atoms with Crippen LogP contribution in [0.2, 0.25) is 0 Å². The third-order valence-corrected chi connectivity index (χ3v) is 2.80. The van der Waals surface area contributed by atoms with Crippen LogP contribution in [-0.4, -0.2) is 33.2 Å². The Morgan fingerprint density at radius 1 is 1.00 bits per heavy atom. The Bertz CT molecular complexity index is 126. The van der Waals surface area contributed by atoms with E-state index in [-0.39, 0.29) is 6.29 Å². The van der Waals surface area contributed by atoms with Gasteiger partial charge in [-0.1, -0.05) is 25.7 Å². The molecule has 84 valence electrons. The molecule has 0 aromatic heterocycles. The number of methoxy groups -OCH3 is 2. The second kappa shape index (κ2) is 7.21. The van der Waals surface area contributed by atoms with Crippen molar-refractivity contribution in [2.45, 2.75) is 50.9 Å². The van der Waals surface area contributed by atoms with Gasteiger partial charge in [0.25, 0.3) is 0 Å². The SMILES string of the molecule is COC(COC1CCCCCC1)OC. The van der Waals surface area contributed by atoms with E-state index in [4.69, 9.17) is 14.2 Å². The maximum absolute atomic E-state index is 5.76. The van der Waals surface area contributed by atoms with E-state index in [1.807, 2.05) is 0 Å². The average molecular weight is 202 g/mol. The van der Waals surface area contributed by atoms with Crippen molar-refractivity contribution in [2.24, 2.45) is 0 Å². The molecule has 3 nitrogen and oxygen atoms in total. The Balaban J connectivity index is 2.14. The molecule has 0 amide bonds. The van der Waals surface area contributed by atoms with Gasteiger partial charge in [-0.2, -0.15) is 0 Å². The van der Waals surface area contributed by atoms with E-state index in [1.54, 1.807) is 14.2 Å². The minimum atomic E-state index is -0.210. The lowest BCUT2D eigenvalue weighted by Gasteiger charge is -2.19. The first-order chi connectivity index (χ1) is 6.86. The van der Waals surface area contributed by atoms with E-state index >= 15 is 0 Å². The van der Waals surface area contributed by atoms with E-state index in [1.165, 1.54) is 38.5 Å². The zero-order valence-electron chi connectivity index (χ0n) is 9.33. The lowest BCUT2D eigenvalue weighted by molar-refractivity contribution is -0.152. The summed E-state index contributed by atoms with van der Waals surface area (Å²) in [6.07, 6.45) is 7.92. The van der Waals surface area contributed by atoms with Crippen molar-refractivity contribution in [3.8, 4) is 0 Å². The van der Waals surface area contributed by atoms with Crippen molar-refractivity contribution in [1.82, 2.24) is 0 Å². The van der Waals surface area contributed by atoms with Crippen LogP contribution < -0.4 is 0 Å². The first kappa shape index (κ1) is 12.0. The first-order valence-electron chi connectivity index (χ1n) is 5.54. The molecule has 1 fully saturated rings. The second-order valence-corrected chi connectivity index (χ2v) is 3.85. The van der Waals surface area contributed by atoms with Crippen LogP contribution in [0, 0.1) is 0 Å². The summed E-state index contributed by atoms with van der Waals surface area (Å²) in [6.45, 7) is 0.553. The number of hydrogen-bond donors (Lipinski definition) is 0. The molecule has 0 radical (unpaired) electrons. The molecule has 1 saturated carbocycles. The monoisotopic (exact) mass is 202 g/mol. The summed E-state index contributed by atoms with van der Waals surface area (Å²) in [6, 6.07) is 0. The maximum Gasteiger partial charge on any atom is 0.180 e. The van der Waals surface area contributed by atoms with Crippen LogP contribution in [0.5, 0.6) is 0 Å². The van der Waals surface area contributed by atoms with Crippen LogP contribution in [0.15, 0.2) is 0 Å². The van der Waals surface area contributed by atoms with Crippen LogP contribution >= 0.6 is 0 Å². The van der Waals surface area contributed by atoms with Gasteiger partial charge in [-0.05, 0) is 12.8 Å². The molecule has 0 spiro atoms. The Labute approximate surface area is 86.7 Å². The molecule has 1 aliphatic carbocycles. The zero-order chi connectivity index (χ0) is 10.2. The Morgan fingerprint density at radius 3 is 2.07 bits per heavy atom. The molecule has 14 heavy (non-hydrogen) atoms. The predicted molar refractivity (Wildman–Crippen MR) is 55.2 cm³/mol. The Kier molecular flexibility index (Phi) is 6.15. The highest BCUT2D eigenvalue weighted by Crippen LogP contribution is 2.19. The highest BCUT2D eigenvalue weighted by Gasteiger charge is 2.14. The molecule has 0 atom stereocenters. The zero-order valence-corrected chi connectivity index (χ0v) is 9.33. The number of hydrogen-bond acceptors (Lipinski definition) is 3. The molecule has 0 aliphatic heterocycles. The fourth-order valence-electron chi connectivity index (χ4n) is 1.86. The van der Waals surface area contributed by atoms with Gasteiger partial charge in [0.1, 0.15) is 0 Å². The number of rotatable bonds is 5. The average Bonchev–Trinajstić information content (AvgIpc) is 2.48. The molecular weight excluding hydrogens is 180 g/mol. The van der Waals surface area contributed by atoms with Crippen molar-refractivity contribution in [3.05, 3.63) is 0 Å². The summed E-state index contributed by atoms with van der Waals surface area (Å²) in [5, 5.41) is 0. The molecule has 0 heterocycles. The van der Waals surface area contributed by atoms with Gasteiger partial charge in [-0.25, -0.2) is 0 Å². The van der Waals surface area contributed by atoms with Crippen molar-refractivity contribution < 1.29 is 14.2 Å². The summed E-state index contributed by atoms with van der Waals surface area (Å²) >= 11 is 0. The van der Waals surface area contributed by atoms with Crippen molar-refractivity contribution in [2.75, 3.05) is 20.8 Å². The Hall–Kier alpha value is -0.120. The molecule has 0 bridgehead atoms. The standard InChI is InChI=1S/C11H22O3/c1-12-11(13-2)9-14-10-7-5-3-4-6-8-10/h10-11H,3-9H2,1-2H3. The molecule has 0 N–H and O–H groups in total. The minimum absolute atomic E-state index is 0.210. The topological polar surface area (TPSA) is 27.7 Å². The Morgan fingerprint density at radius 2 is 1.57 bits per heavy atom. The lowest BCUT2D eigenvalue weighted by atomic mass is 10.1. The molecule has 0 aromatic rings. The quantitative estimate of drug-likeness (QED) is 0.506. The first-order valence-corrected chi connectivity index (χ1v) is 5.54. The summed E-state index contributed by atoms with van der Waals surface area (Å²) in [5.41, 5.74) is 0. The van der Waals surface area contributed by atoms with Crippen molar-refractivity contribution in [3.63, 3.8) is 0 Å². The van der Waals surface area contributed by atoms with Gasteiger partial charge in [-0.3, -0.25) is 0 Å². The maximum atomic E-state index is 5.76. The predicted octanol–water partition coefficient (Wildman–Crippen LogP) is 2.34. The molecular formula is C11H22O3. The van der Waals surface area contributed by atoms with Crippen molar-refractivity contribution >= 4 is 0 Å². The molecule has 0 unspecified atom stereocenters. The highest BCUT2D eigenvalue weighted by atomic mass is 16.7. The fourth-order valence-corrected chi connectivity index (χ4v) is 1.86. The summed E-state index contributed by atoms with van der Waals surface area (Å²) in [5.74, 6) is 0. The van der Waals surface area contributed by atoms with Crippen LogP contribution in [0.4, 0.5) is 0 Å². The van der Waals surface area contributed by atoms with E-state index < -0.39 is 0 Å². The minimum Gasteiger partial charge on any atom is -0.373 e. The van der Waals surface area contributed by atoms with E-state index in [0.717, 1.165) is 0 Å². The van der Waals surface area contributed by atoms with Crippen molar-refractivity contribution in [1.29, 1.82) is 0 Å². The van der Waals surface area contributed by atoms with Crippen LogP contribution in [0.3, 0.4) is 0 Å². The van der Waals surface area contributed by atoms with Gasteiger partial charge < -0.3 is 14.2 Å². The largest absolute Gasteiger partial charge is 0.373 e. The smallest absolute Gasteiger partial charge is 0.180 e. The van der Waals surface area contributed by atoms with Gasteiger partial charge in [0.2, 0.25) is 0 Å². The van der Waals surface area contributed by atoms with E-state index in [9.17, 15) is 0 Å². The van der Waals surface area contributed by atoms with Gasteiger partial charge in [0.05, 0.1) is 12.7 Å². The van der Waals surface area contributed by atoms with Gasteiger partial charge in [0.15, 0.2) is 6.29 Å². The van der Waals surface area contributed by atoms with Gasteiger partial charge in [-0.15, -0.1) is 0 Å². The van der Waals surface area contributed by atoms with Gasteiger partial charge in [0, 0.05) is 14.2 Å². The summed E-state index contributed by atoms with van der Waals surface area (Å²) in [7, 11) is 3.29. The fraction of sp³-hybridized carbons (Fsp3) is 1.00. The van der Waals surface area contributed by atoms with Gasteiger partial charge >= 0.3 is 0 Å². The molecule has 3 heteroatoms.